The Kier molecular flexibility index (Phi) is 6.68. The molecule has 0 bridgehead atoms. The van der Waals surface area contributed by atoms with Crippen LogP contribution in [0.1, 0.15) is 44.9 Å². The van der Waals surface area contributed by atoms with Crippen molar-refractivity contribution in [3.8, 4) is 0 Å². The number of nitrogens with zero attached hydrogens (tertiary/aromatic N) is 2. The molecule has 0 aromatic rings. The van der Waals surface area contributed by atoms with Crippen molar-refractivity contribution in [1.29, 1.82) is 0 Å². The fourth-order valence-electron chi connectivity index (χ4n) is 3.51. The molecule has 1 saturated heterocycles. The SMILES string of the molecule is CS(=O)(=O)CCN1CCCN(C(=O)CC2CCCCC2)CC1. The van der Waals surface area contributed by atoms with Gasteiger partial charge < -0.3 is 9.80 Å². The number of carbonyl (C=O) groups excluding carboxylic acids is 1. The van der Waals surface area contributed by atoms with E-state index in [1.807, 2.05) is 4.90 Å². The summed E-state index contributed by atoms with van der Waals surface area (Å²) in [4.78, 5) is 16.6. The molecule has 1 aliphatic carbocycles. The number of carbonyl (C=O) groups is 1. The van der Waals surface area contributed by atoms with E-state index in [-0.39, 0.29) is 5.75 Å². The van der Waals surface area contributed by atoms with Crippen LogP contribution in [-0.2, 0) is 14.6 Å². The summed E-state index contributed by atoms with van der Waals surface area (Å²) in [5.74, 6) is 1.10. The highest BCUT2D eigenvalue weighted by Crippen LogP contribution is 2.27. The molecule has 128 valence electrons. The maximum Gasteiger partial charge on any atom is 0.222 e. The third-order valence-corrected chi connectivity index (χ3v) is 5.83. The second-order valence-electron chi connectivity index (χ2n) is 6.91. The first-order valence-corrected chi connectivity index (χ1v) is 10.7. The van der Waals surface area contributed by atoms with E-state index in [1.165, 1.54) is 38.4 Å². The van der Waals surface area contributed by atoms with Crippen molar-refractivity contribution in [2.75, 3.05) is 44.7 Å². The van der Waals surface area contributed by atoms with E-state index in [4.69, 9.17) is 0 Å². The van der Waals surface area contributed by atoms with Gasteiger partial charge in [-0.1, -0.05) is 19.3 Å². The van der Waals surface area contributed by atoms with Gasteiger partial charge in [0, 0.05) is 38.9 Å². The second kappa shape index (κ2) is 8.29. The standard InChI is InChI=1S/C16H30N2O3S/c1-22(20,21)13-12-17-8-5-9-18(11-10-17)16(19)14-15-6-3-2-4-7-15/h15H,2-14H2,1H3. The molecule has 5 nitrogen and oxygen atoms in total. The molecule has 0 unspecified atom stereocenters. The maximum absolute atomic E-state index is 12.5. The van der Waals surface area contributed by atoms with Crippen LogP contribution in [0.25, 0.3) is 0 Å². The van der Waals surface area contributed by atoms with Gasteiger partial charge in [-0.2, -0.15) is 0 Å². The van der Waals surface area contributed by atoms with Crippen molar-refractivity contribution in [1.82, 2.24) is 9.80 Å². The summed E-state index contributed by atoms with van der Waals surface area (Å²) < 4.78 is 22.5. The van der Waals surface area contributed by atoms with Crippen LogP contribution >= 0.6 is 0 Å². The Balaban J connectivity index is 1.75. The zero-order valence-corrected chi connectivity index (χ0v) is 14.6. The molecule has 2 aliphatic rings. The Hall–Kier alpha value is -0.620. The highest BCUT2D eigenvalue weighted by molar-refractivity contribution is 7.90. The Morgan fingerprint density at radius 1 is 1.00 bits per heavy atom. The highest BCUT2D eigenvalue weighted by Gasteiger charge is 2.23. The third kappa shape index (κ3) is 6.24. The third-order valence-electron chi connectivity index (χ3n) is 4.91. The summed E-state index contributed by atoms with van der Waals surface area (Å²) in [5.41, 5.74) is 0. The first kappa shape index (κ1) is 17.7. The Morgan fingerprint density at radius 3 is 2.41 bits per heavy atom. The van der Waals surface area contributed by atoms with Crippen LogP contribution in [0, 0.1) is 5.92 Å². The Labute approximate surface area is 135 Å². The summed E-state index contributed by atoms with van der Waals surface area (Å²) in [6.45, 7) is 3.84. The zero-order valence-electron chi connectivity index (χ0n) is 13.8. The lowest BCUT2D eigenvalue weighted by Crippen LogP contribution is -2.37. The molecule has 1 aliphatic heterocycles. The number of sulfone groups is 1. The number of hydrogen-bond acceptors (Lipinski definition) is 4. The van der Waals surface area contributed by atoms with Gasteiger partial charge in [-0.15, -0.1) is 0 Å². The van der Waals surface area contributed by atoms with Crippen LogP contribution in [0.5, 0.6) is 0 Å². The van der Waals surface area contributed by atoms with Crippen molar-refractivity contribution in [2.24, 2.45) is 5.92 Å². The molecular weight excluding hydrogens is 300 g/mol. The van der Waals surface area contributed by atoms with E-state index in [1.54, 1.807) is 0 Å². The van der Waals surface area contributed by atoms with Crippen molar-refractivity contribution in [3.05, 3.63) is 0 Å². The summed E-state index contributed by atoms with van der Waals surface area (Å²) in [5, 5.41) is 0. The lowest BCUT2D eigenvalue weighted by atomic mass is 9.86. The van der Waals surface area contributed by atoms with Crippen LogP contribution in [0.3, 0.4) is 0 Å². The number of rotatable bonds is 5. The molecule has 0 N–H and O–H groups in total. The second-order valence-corrected chi connectivity index (χ2v) is 9.17. The van der Waals surface area contributed by atoms with Crippen molar-refractivity contribution in [2.45, 2.75) is 44.9 Å². The Morgan fingerprint density at radius 2 is 1.73 bits per heavy atom. The Bertz CT molecular complexity index is 458. The summed E-state index contributed by atoms with van der Waals surface area (Å²) in [7, 11) is -2.91. The average molecular weight is 330 g/mol. The summed E-state index contributed by atoms with van der Waals surface area (Å²) in [6, 6.07) is 0. The topological polar surface area (TPSA) is 57.7 Å². The molecular formula is C16H30N2O3S. The molecule has 1 heterocycles. The van der Waals surface area contributed by atoms with Gasteiger partial charge in [-0.25, -0.2) is 8.42 Å². The molecule has 1 amide bonds. The van der Waals surface area contributed by atoms with E-state index in [2.05, 4.69) is 4.90 Å². The van der Waals surface area contributed by atoms with Crippen LogP contribution in [0.4, 0.5) is 0 Å². The molecule has 0 atom stereocenters. The molecule has 0 spiro atoms. The minimum absolute atomic E-state index is 0.211. The summed E-state index contributed by atoms with van der Waals surface area (Å²) in [6.07, 6.45) is 9.23. The molecule has 2 rings (SSSR count). The number of amides is 1. The van der Waals surface area contributed by atoms with Crippen molar-refractivity contribution in [3.63, 3.8) is 0 Å². The van der Waals surface area contributed by atoms with Crippen LogP contribution in [0.2, 0.25) is 0 Å². The fraction of sp³-hybridized carbons (Fsp3) is 0.938. The van der Waals surface area contributed by atoms with E-state index in [9.17, 15) is 13.2 Å². The minimum atomic E-state index is -2.91. The first-order valence-electron chi connectivity index (χ1n) is 8.62. The molecule has 6 heteroatoms. The average Bonchev–Trinajstić information content (AvgIpc) is 2.71. The molecule has 0 aromatic carbocycles. The lowest BCUT2D eigenvalue weighted by Gasteiger charge is -2.26. The van der Waals surface area contributed by atoms with Gasteiger partial charge in [0.05, 0.1) is 5.75 Å². The zero-order chi connectivity index (χ0) is 16.0. The normalized spacial score (nSPS) is 22.5. The molecule has 0 radical (unpaired) electrons. The van der Waals surface area contributed by atoms with Gasteiger partial charge in [0.1, 0.15) is 9.84 Å². The van der Waals surface area contributed by atoms with Crippen molar-refractivity contribution >= 4 is 15.7 Å². The lowest BCUT2D eigenvalue weighted by molar-refractivity contribution is -0.132. The largest absolute Gasteiger partial charge is 0.341 e. The molecule has 1 saturated carbocycles. The van der Waals surface area contributed by atoms with E-state index in [0.717, 1.165) is 32.6 Å². The highest BCUT2D eigenvalue weighted by atomic mass is 32.2. The van der Waals surface area contributed by atoms with E-state index in [0.29, 0.717) is 24.8 Å². The van der Waals surface area contributed by atoms with Crippen molar-refractivity contribution < 1.29 is 13.2 Å². The molecule has 0 aromatic heterocycles. The van der Waals surface area contributed by atoms with Gasteiger partial charge in [0.2, 0.25) is 5.91 Å². The van der Waals surface area contributed by atoms with Crippen LogP contribution in [-0.4, -0.2) is 68.9 Å². The first-order chi connectivity index (χ1) is 10.4. The van der Waals surface area contributed by atoms with Gasteiger partial charge in [0.25, 0.3) is 0 Å². The summed E-state index contributed by atoms with van der Waals surface area (Å²) >= 11 is 0. The van der Waals surface area contributed by atoms with Gasteiger partial charge >= 0.3 is 0 Å². The van der Waals surface area contributed by atoms with E-state index < -0.39 is 9.84 Å². The number of hydrogen-bond donors (Lipinski definition) is 0. The van der Waals surface area contributed by atoms with Gasteiger partial charge in [0.15, 0.2) is 0 Å². The van der Waals surface area contributed by atoms with Gasteiger partial charge in [-0.05, 0) is 31.7 Å². The quantitative estimate of drug-likeness (QED) is 0.767. The van der Waals surface area contributed by atoms with Crippen LogP contribution in [0.15, 0.2) is 0 Å². The van der Waals surface area contributed by atoms with Gasteiger partial charge in [-0.3, -0.25) is 4.79 Å². The maximum atomic E-state index is 12.5. The predicted octanol–water partition coefficient (Wildman–Crippen LogP) is 1.54. The van der Waals surface area contributed by atoms with E-state index >= 15 is 0 Å². The van der Waals surface area contributed by atoms with Crippen LogP contribution < -0.4 is 0 Å². The molecule has 22 heavy (non-hydrogen) atoms. The molecule has 2 fully saturated rings. The fourth-order valence-corrected chi connectivity index (χ4v) is 4.10. The monoisotopic (exact) mass is 330 g/mol. The predicted molar refractivity (Wildman–Crippen MR) is 88.5 cm³/mol. The minimum Gasteiger partial charge on any atom is -0.341 e. The smallest absolute Gasteiger partial charge is 0.222 e.